The van der Waals surface area contributed by atoms with Gasteiger partial charge in [-0.25, -0.2) is 0 Å². The highest BCUT2D eigenvalue weighted by atomic mass is 16.1. The van der Waals surface area contributed by atoms with Crippen molar-refractivity contribution in [3.05, 3.63) is 35.4 Å². The highest BCUT2D eigenvalue weighted by Crippen LogP contribution is 2.21. The first-order chi connectivity index (χ1) is 8.19. The van der Waals surface area contributed by atoms with Crippen LogP contribution in [-0.2, 0) is 4.79 Å². The maximum Gasteiger partial charge on any atom is 0.227 e. The van der Waals surface area contributed by atoms with Crippen LogP contribution in [0, 0.1) is 6.92 Å². The molecule has 0 fully saturated rings. The van der Waals surface area contributed by atoms with E-state index in [-0.39, 0.29) is 11.8 Å². The van der Waals surface area contributed by atoms with E-state index in [1.807, 2.05) is 38.1 Å². The molecule has 0 saturated carbocycles. The van der Waals surface area contributed by atoms with Crippen molar-refractivity contribution in [3.63, 3.8) is 0 Å². The molecule has 94 valence electrons. The molecule has 3 heteroatoms. The normalized spacial score (nSPS) is 12.2. The van der Waals surface area contributed by atoms with Crippen molar-refractivity contribution in [1.29, 1.82) is 0 Å². The lowest BCUT2D eigenvalue weighted by atomic mass is 9.92. The van der Waals surface area contributed by atoms with Crippen LogP contribution in [0.2, 0.25) is 0 Å². The number of aryl methyl sites for hydroxylation is 1. The summed E-state index contributed by atoms with van der Waals surface area (Å²) in [4.78, 5) is 12.0. The van der Waals surface area contributed by atoms with Gasteiger partial charge in [-0.15, -0.1) is 0 Å². The van der Waals surface area contributed by atoms with E-state index in [0.717, 1.165) is 18.4 Å². The van der Waals surface area contributed by atoms with Crippen LogP contribution in [-0.4, -0.2) is 19.0 Å². The van der Waals surface area contributed by atoms with Crippen LogP contribution in [0.25, 0.3) is 0 Å². The van der Waals surface area contributed by atoms with Gasteiger partial charge in [-0.1, -0.05) is 29.8 Å². The van der Waals surface area contributed by atoms with E-state index in [1.165, 1.54) is 5.56 Å². The van der Waals surface area contributed by atoms with E-state index in [2.05, 4.69) is 5.32 Å². The van der Waals surface area contributed by atoms with Crippen molar-refractivity contribution in [1.82, 2.24) is 5.32 Å². The molecule has 1 aromatic rings. The Bertz CT molecular complexity index is 346. The fourth-order valence-corrected chi connectivity index (χ4v) is 1.87. The summed E-state index contributed by atoms with van der Waals surface area (Å²) in [6.45, 7) is 5.28. The van der Waals surface area contributed by atoms with Gasteiger partial charge in [-0.3, -0.25) is 4.79 Å². The van der Waals surface area contributed by atoms with Gasteiger partial charge in [-0.2, -0.15) is 0 Å². The van der Waals surface area contributed by atoms with Gasteiger partial charge in [0.1, 0.15) is 0 Å². The topological polar surface area (TPSA) is 55.1 Å². The number of nitrogens with one attached hydrogen (secondary N) is 1. The van der Waals surface area contributed by atoms with E-state index in [1.54, 1.807) is 0 Å². The second-order valence-corrected chi connectivity index (χ2v) is 4.29. The van der Waals surface area contributed by atoms with Crippen LogP contribution in [0.15, 0.2) is 24.3 Å². The van der Waals surface area contributed by atoms with Crippen LogP contribution in [0.3, 0.4) is 0 Å². The molecule has 0 bridgehead atoms. The first kappa shape index (κ1) is 13.7. The molecule has 1 amide bonds. The maximum absolute atomic E-state index is 12.0. The largest absolute Gasteiger partial charge is 0.356 e. The molecule has 0 spiro atoms. The predicted molar refractivity (Wildman–Crippen MR) is 70.9 cm³/mol. The molecule has 0 aliphatic heterocycles. The fourth-order valence-electron chi connectivity index (χ4n) is 1.87. The number of hydrogen-bond donors (Lipinski definition) is 2. The monoisotopic (exact) mass is 234 g/mol. The first-order valence-corrected chi connectivity index (χ1v) is 6.23. The number of benzene rings is 1. The highest BCUT2D eigenvalue weighted by molar-refractivity contribution is 5.83. The van der Waals surface area contributed by atoms with Gasteiger partial charge in [0.2, 0.25) is 5.91 Å². The van der Waals surface area contributed by atoms with Crippen LogP contribution in [0.4, 0.5) is 0 Å². The van der Waals surface area contributed by atoms with Crippen LogP contribution in [0.1, 0.15) is 36.8 Å². The maximum atomic E-state index is 12.0. The van der Waals surface area contributed by atoms with Gasteiger partial charge in [0.15, 0.2) is 0 Å². The molecule has 0 aliphatic carbocycles. The Labute approximate surface area is 103 Å². The number of likely N-dealkylation sites (N-methyl/N-ethyl adjacent to an activating group) is 1. The average Bonchev–Trinajstić information content (AvgIpc) is 2.32. The summed E-state index contributed by atoms with van der Waals surface area (Å²) < 4.78 is 0. The molecule has 1 atom stereocenters. The van der Waals surface area contributed by atoms with Crippen molar-refractivity contribution in [2.45, 2.75) is 32.6 Å². The minimum absolute atomic E-state index is 0.0703. The van der Waals surface area contributed by atoms with Gasteiger partial charge in [0, 0.05) is 6.54 Å². The van der Waals surface area contributed by atoms with E-state index in [0.29, 0.717) is 13.1 Å². The quantitative estimate of drug-likeness (QED) is 0.790. The number of carbonyl (C=O) groups is 1. The molecule has 3 nitrogen and oxygen atoms in total. The number of rotatable bonds is 6. The Morgan fingerprint density at radius 2 is 2.00 bits per heavy atom. The van der Waals surface area contributed by atoms with Crippen LogP contribution < -0.4 is 11.1 Å². The van der Waals surface area contributed by atoms with E-state index >= 15 is 0 Å². The van der Waals surface area contributed by atoms with E-state index in [4.69, 9.17) is 5.73 Å². The Morgan fingerprint density at radius 3 is 2.53 bits per heavy atom. The van der Waals surface area contributed by atoms with Gasteiger partial charge in [-0.05, 0) is 38.8 Å². The fraction of sp³-hybridized carbons (Fsp3) is 0.500. The first-order valence-electron chi connectivity index (χ1n) is 6.23. The molecule has 1 unspecified atom stereocenters. The third kappa shape index (κ3) is 4.19. The summed E-state index contributed by atoms with van der Waals surface area (Å²) in [5.41, 5.74) is 7.81. The molecule has 0 saturated heterocycles. The lowest BCUT2D eigenvalue weighted by molar-refractivity contribution is -0.122. The smallest absolute Gasteiger partial charge is 0.227 e. The molecule has 1 rings (SSSR count). The molecule has 0 aromatic heterocycles. The summed E-state index contributed by atoms with van der Waals surface area (Å²) in [6.07, 6.45) is 1.68. The zero-order chi connectivity index (χ0) is 12.7. The van der Waals surface area contributed by atoms with E-state index < -0.39 is 0 Å². The molecule has 0 heterocycles. The summed E-state index contributed by atoms with van der Waals surface area (Å²) >= 11 is 0. The summed E-state index contributed by atoms with van der Waals surface area (Å²) in [6, 6.07) is 8.16. The summed E-state index contributed by atoms with van der Waals surface area (Å²) in [5.74, 6) is 0.0314. The third-order valence-corrected chi connectivity index (χ3v) is 2.84. The van der Waals surface area contributed by atoms with Crippen molar-refractivity contribution in [3.8, 4) is 0 Å². The summed E-state index contributed by atoms with van der Waals surface area (Å²) in [5, 5.41) is 2.89. The van der Waals surface area contributed by atoms with E-state index in [9.17, 15) is 4.79 Å². The Kier molecular flexibility index (Phi) is 5.70. The summed E-state index contributed by atoms with van der Waals surface area (Å²) in [7, 11) is 0. The average molecular weight is 234 g/mol. The van der Waals surface area contributed by atoms with Crippen molar-refractivity contribution >= 4 is 5.91 Å². The second-order valence-electron chi connectivity index (χ2n) is 4.29. The lowest BCUT2D eigenvalue weighted by Crippen LogP contribution is -2.29. The third-order valence-electron chi connectivity index (χ3n) is 2.84. The highest BCUT2D eigenvalue weighted by Gasteiger charge is 2.18. The molecular weight excluding hydrogens is 212 g/mol. The van der Waals surface area contributed by atoms with Gasteiger partial charge < -0.3 is 11.1 Å². The SMILES string of the molecule is CCNC(=O)C(CCCN)c1ccc(C)cc1. The van der Waals surface area contributed by atoms with Crippen LogP contribution in [0.5, 0.6) is 0 Å². The minimum atomic E-state index is -0.0703. The molecule has 17 heavy (non-hydrogen) atoms. The van der Waals surface area contributed by atoms with Gasteiger partial charge in [0.25, 0.3) is 0 Å². The standard InChI is InChI=1S/C14H22N2O/c1-3-16-14(17)13(5-4-10-15)12-8-6-11(2)7-9-12/h6-9,13H,3-5,10,15H2,1-2H3,(H,16,17). The predicted octanol–water partition coefficient (Wildman–Crippen LogP) is 1.95. The lowest BCUT2D eigenvalue weighted by Gasteiger charge is -2.16. The van der Waals surface area contributed by atoms with Crippen molar-refractivity contribution in [2.75, 3.05) is 13.1 Å². The molecular formula is C14H22N2O. The zero-order valence-electron chi connectivity index (χ0n) is 10.7. The number of nitrogens with two attached hydrogens (primary N) is 1. The second kappa shape index (κ2) is 7.07. The number of hydrogen-bond acceptors (Lipinski definition) is 2. The Balaban J connectivity index is 2.81. The van der Waals surface area contributed by atoms with Crippen molar-refractivity contribution < 1.29 is 4.79 Å². The van der Waals surface area contributed by atoms with Gasteiger partial charge in [0.05, 0.1) is 5.92 Å². The Hall–Kier alpha value is -1.35. The number of carbonyl (C=O) groups excluding carboxylic acids is 1. The molecule has 0 radical (unpaired) electrons. The minimum Gasteiger partial charge on any atom is -0.356 e. The van der Waals surface area contributed by atoms with Crippen molar-refractivity contribution in [2.24, 2.45) is 5.73 Å². The Morgan fingerprint density at radius 1 is 1.35 bits per heavy atom. The molecule has 0 aliphatic rings. The number of amides is 1. The molecule has 1 aromatic carbocycles. The van der Waals surface area contributed by atoms with Gasteiger partial charge >= 0.3 is 0 Å². The zero-order valence-corrected chi connectivity index (χ0v) is 10.7. The molecule has 3 N–H and O–H groups in total. The van der Waals surface area contributed by atoms with Crippen LogP contribution >= 0.6 is 0 Å².